The summed E-state index contributed by atoms with van der Waals surface area (Å²) in [5.41, 5.74) is 0.253. The predicted molar refractivity (Wildman–Crippen MR) is 90.2 cm³/mol. The van der Waals surface area contributed by atoms with Gasteiger partial charge in [0.1, 0.15) is 17.9 Å². The van der Waals surface area contributed by atoms with Gasteiger partial charge >= 0.3 is 6.18 Å². The van der Waals surface area contributed by atoms with Gasteiger partial charge in [-0.15, -0.1) is 0 Å². The fourth-order valence-corrected chi connectivity index (χ4v) is 3.28. The molecule has 2 atom stereocenters. The summed E-state index contributed by atoms with van der Waals surface area (Å²) >= 11 is 0. The molecule has 2 aromatic heterocycles. The molecule has 0 unspecified atom stereocenters. The van der Waals surface area contributed by atoms with Crippen LogP contribution in [-0.4, -0.2) is 44.3 Å². The summed E-state index contributed by atoms with van der Waals surface area (Å²) in [5, 5.41) is 25.2. The first-order chi connectivity index (χ1) is 12.7. The minimum atomic E-state index is -4.54. The third kappa shape index (κ3) is 3.13. The molecule has 6 nitrogen and oxygen atoms in total. The van der Waals surface area contributed by atoms with E-state index in [-0.39, 0.29) is 23.8 Å². The highest BCUT2D eigenvalue weighted by atomic mass is 19.4. The van der Waals surface area contributed by atoms with Gasteiger partial charge in [-0.25, -0.2) is 4.98 Å². The quantitative estimate of drug-likeness (QED) is 0.715. The second kappa shape index (κ2) is 6.21. The summed E-state index contributed by atoms with van der Waals surface area (Å²) in [6.07, 6.45) is -3.48. The van der Waals surface area contributed by atoms with Crippen LogP contribution in [0.4, 0.5) is 13.2 Å². The summed E-state index contributed by atoms with van der Waals surface area (Å²) in [4.78, 5) is 4.38. The number of ether oxygens (including phenoxy) is 1. The van der Waals surface area contributed by atoms with Crippen molar-refractivity contribution in [1.29, 1.82) is 0 Å². The Kier molecular flexibility index (Phi) is 4.08. The molecule has 0 saturated carbocycles. The van der Waals surface area contributed by atoms with Crippen LogP contribution in [0.3, 0.4) is 0 Å². The molecule has 0 amide bonds. The van der Waals surface area contributed by atoms with Gasteiger partial charge < -0.3 is 14.9 Å². The van der Waals surface area contributed by atoms with Crippen molar-refractivity contribution in [1.82, 2.24) is 14.8 Å². The number of halogens is 3. The van der Waals surface area contributed by atoms with Crippen LogP contribution in [0.1, 0.15) is 17.2 Å². The highest BCUT2D eigenvalue weighted by Crippen LogP contribution is 2.38. The SMILES string of the molecule is Cc1cc(C(F)(F)F)cc(O)c1-c1ccc2cn([C@H]3COC[C@@H]3O)nc2n1. The molecule has 1 saturated heterocycles. The number of pyridine rings is 1. The minimum Gasteiger partial charge on any atom is -0.507 e. The number of hydrogen-bond acceptors (Lipinski definition) is 5. The maximum absolute atomic E-state index is 12.9. The van der Waals surface area contributed by atoms with Gasteiger partial charge in [-0.1, -0.05) is 0 Å². The lowest BCUT2D eigenvalue weighted by atomic mass is 10.00. The molecule has 1 aliphatic heterocycles. The van der Waals surface area contributed by atoms with E-state index in [1.165, 1.54) is 6.92 Å². The third-order valence-electron chi connectivity index (χ3n) is 4.65. The van der Waals surface area contributed by atoms with E-state index in [9.17, 15) is 23.4 Å². The van der Waals surface area contributed by atoms with E-state index < -0.39 is 23.6 Å². The van der Waals surface area contributed by atoms with Gasteiger partial charge in [0, 0.05) is 17.1 Å². The van der Waals surface area contributed by atoms with Crippen LogP contribution in [0.15, 0.2) is 30.5 Å². The number of phenols is 1. The standard InChI is InChI=1S/C18H16F3N3O3/c1-9-4-11(18(19,20)21)5-14(25)16(9)12-3-2-10-6-24(23-17(10)22-12)13-7-27-8-15(13)26/h2-6,13,15,25-26H,7-8H2,1H3/t13-,15-/m0/s1. The van der Waals surface area contributed by atoms with Gasteiger partial charge in [0.05, 0.1) is 24.5 Å². The van der Waals surface area contributed by atoms with E-state index in [2.05, 4.69) is 10.1 Å². The lowest BCUT2D eigenvalue weighted by molar-refractivity contribution is -0.137. The molecule has 0 spiro atoms. The second-order valence-electron chi connectivity index (χ2n) is 6.58. The molecule has 0 aliphatic carbocycles. The van der Waals surface area contributed by atoms with Crippen LogP contribution < -0.4 is 0 Å². The molecule has 1 aromatic carbocycles. The Morgan fingerprint density at radius 2 is 2.00 bits per heavy atom. The van der Waals surface area contributed by atoms with Gasteiger partial charge in [0.2, 0.25) is 0 Å². The van der Waals surface area contributed by atoms with Gasteiger partial charge in [-0.05, 0) is 36.8 Å². The molecule has 142 valence electrons. The van der Waals surface area contributed by atoms with E-state index in [1.54, 1.807) is 23.0 Å². The number of aromatic hydroxyl groups is 1. The van der Waals surface area contributed by atoms with Crippen molar-refractivity contribution in [3.05, 3.63) is 41.6 Å². The van der Waals surface area contributed by atoms with E-state index in [0.717, 1.165) is 6.07 Å². The molecule has 9 heteroatoms. The molecule has 0 radical (unpaired) electrons. The fraction of sp³-hybridized carbons (Fsp3) is 0.333. The maximum Gasteiger partial charge on any atom is 0.416 e. The molecule has 0 bridgehead atoms. The summed E-state index contributed by atoms with van der Waals surface area (Å²) < 4.78 is 45.5. The zero-order valence-corrected chi connectivity index (χ0v) is 14.2. The van der Waals surface area contributed by atoms with Crippen LogP contribution in [-0.2, 0) is 10.9 Å². The topological polar surface area (TPSA) is 80.4 Å². The van der Waals surface area contributed by atoms with E-state index in [4.69, 9.17) is 4.74 Å². The Labute approximate surface area is 151 Å². The third-order valence-corrected chi connectivity index (χ3v) is 4.65. The minimum absolute atomic E-state index is 0.226. The first-order valence-electron chi connectivity index (χ1n) is 8.27. The highest BCUT2D eigenvalue weighted by molar-refractivity contribution is 5.80. The Morgan fingerprint density at radius 1 is 1.22 bits per heavy atom. The van der Waals surface area contributed by atoms with Crippen LogP contribution in [0.25, 0.3) is 22.3 Å². The number of aliphatic hydroxyl groups excluding tert-OH is 1. The maximum atomic E-state index is 12.9. The van der Waals surface area contributed by atoms with Crippen molar-refractivity contribution in [2.45, 2.75) is 25.2 Å². The Balaban J connectivity index is 1.76. The first-order valence-corrected chi connectivity index (χ1v) is 8.27. The van der Waals surface area contributed by atoms with Crippen LogP contribution in [0.5, 0.6) is 5.75 Å². The number of aryl methyl sites for hydroxylation is 1. The molecule has 1 fully saturated rings. The van der Waals surface area contributed by atoms with Crippen molar-refractivity contribution < 1.29 is 28.1 Å². The lowest BCUT2D eigenvalue weighted by Crippen LogP contribution is -2.22. The molecule has 1 aliphatic rings. The number of rotatable bonds is 2. The molecule has 3 heterocycles. The summed E-state index contributed by atoms with van der Waals surface area (Å²) in [5.74, 6) is -0.492. The van der Waals surface area contributed by atoms with Crippen molar-refractivity contribution in [2.75, 3.05) is 13.2 Å². The van der Waals surface area contributed by atoms with Crippen molar-refractivity contribution in [3.63, 3.8) is 0 Å². The van der Waals surface area contributed by atoms with Crippen molar-refractivity contribution in [3.8, 4) is 17.0 Å². The van der Waals surface area contributed by atoms with Gasteiger partial charge in [0.15, 0.2) is 5.65 Å². The zero-order chi connectivity index (χ0) is 19.3. The van der Waals surface area contributed by atoms with Gasteiger partial charge in [-0.3, -0.25) is 4.68 Å². The summed E-state index contributed by atoms with van der Waals surface area (Å²) in [6, 6.07) is 4.69. The summed E-state index contributed by atoms with van der Waals surface area (Å²) in [7, 11) is 0. The zero-order valence-electron chi connectivity index (χ0n) is 14.2. The molecule has 3 aromatic rings. The Morgan fingerprint density at radius 3 is 2.63 bits per heavy atom. The molecular formula is C18H16F3N3O3. The average molecular weight is 379 g/mol. The van der Waals surface area contributed by atoms with E-state index in [0.29, 0.717) is 29.4 Å². The number of aliphatic hydroxyl groups is 1. The number of aromatic nitrogens is 3. The van der Waals surface area contributed by atoms with Crippen LogP contribution in [0, 0.1) is 6.92 Å². The van der Waals surface area contributed by atoms with Gasteiger partial charge in [-0.2, -0.15) is 18.3 Å². The van der Waals surface area contributed by atoms with E-state index >= 15 is 0 Å². The number of alkyl halides is 3. The normalized spacial score (nSPS) is 20.5. The van der Waals surface area contributed by atoms with Crippen molar-refractivity contribution >= 4 is 11.0 Å². The molecular weight excluding hydrogens is 363 g/mol. The lowest BCUT2D eigenvalue weighted by Gasteiger charge is -2.13. The average Bonchev–Trinajstić information content (AvgIpc) is 3.18. The fourth-order valence-electron chi connectivity index (χ4n) is 3.28. The number of fused-ring (bicyclic) bond motifs is 1. The summed E-state index contributed by atoms with van der Waals surface area (Å²) in [6.45, 7) is 2.06. The molecule has 4 rings (SSSR count). The van der Waals surface area contributed by atoms with Crippen LogP contribution in [0.2, 0.25) is 0 Å². The predicted octanol–water partition coefficient (Wildman–Crippen LogP) is 3.06. The van der Waals surface area contributed by atoms with Gasteiger partial charge in [0.25, 0.3) is 0 Å². The smallest absolute Gasteiger partial charge is 0.416 e. The number of nitrogens with zero attached hydrogens (tertiary/aromatic N) is 3. The largest absolute Gasteiger partial charge is 0.507 e. The molecule has 27 heavy (non-hydrogen) atoms. The Hall–Kier alpha value is -2.65. The van der Waals surface area contributed by atoms with Crippen molar-refractivity contribution in [2.24, 2.45) is 0 Å². The van der Waals surface area contributed by atoms with Crippen LogP contribution >= 0.6 is 0 Å². The monoisotopic (exact) mass is 379 g/mol. The first kappa shape index (κ1) is 17.7. The number of phenolic OH excluding ortho intramolecular Hbond substituents is 1. The molecule has 2 N–H and O–H groups in total. The second-order valence-corrected chi connectivity index (χ2v) is 6.58. The highest BCUT2D eigenvalue weighted by Gasteiger charge is 2.32. The number of hydrogen-bond donors (Lipinski definition) is 2. The Bertz CT molecular complexity index is 993. The number of benzene rings is 1. The van der Waals surface area contributed by atoms with E-state index in [1.807, 2.05) is 0 Å².